The van der Waals surface area contributed by atoms with Crippen molar-refractivity contribution in [3.05, 3.63) is 23.3 Å². The SMILES string of the molecule is CC(C)(C)[Si](C)(C)O[C@@H]1CC=C(C2=CC[C@@H]3CC4(CC[C@]3(C)C2=O)OCCO4)[C@@]12COC(=O)C2. The Bertz CT molecular complexity index is 953. The van der Waals surface area contributed by atoms with E-state index in [4.69, 9.17) is 18.6 Å². The molecule has 1 saturated carbocycles. The number of esters is 1. The van der Waals surface area contributed by atoms with Crippen LogP contribution >= 0.6 is 0 Å². The molecule has 0 aromatic carbocycles. The molecule has 2 saturated heterocycles. The average molecular weight is 489 g/mol. The molecule has 6 nitrogen and oxygen atoms in total. The lowest BCUT2D eigenvalue weighted by Gasteiger charge is -2.49. The summed E-state index contributed by atoms with van der Waals surface area (Å²) in [6.45, 7) is 14.9. The van der Waals surface area contributed by atoms with Crippen LogP contribution in [0.15, 0.2) is 23.3 Å². The first kappa shape index (κ1) is 24.4. The molecule has 7 heteroatoms. The third kappa shape index (κ3) is 3.61. The van der Waals surface area contributed by atoms with Gasteiger partial charge in [0.1, 0.15) is 6.61 Å². The van der Waals surface area contributed by atoms with E-state index in [9.17, 15) is 9.59 Å². The fourth-order valence-corrected chi connectivity index (χ4v) is 7.89. The third-order valence-electron chi connectivity index (χ3n) is 9.84. The van der Waals surface area contributed by atoms with Crippen molar-refractivity contribution in [2.24, 2.45) is 16.7 Å². The van der Waals surface area contributed by atoms with Crippen molar-refractivity contribution in [3.63, 3.8) is 0 Å². The van der Waals surface area contributed by atoms with Crippen LogP contribution in [0.4, 0.5) is 0 Å². The van der Waals surface area contributed by atoms with Crippen LogP contribution in [0.1, 0.15) is 66.2 Å². The first-order valence-corrected chi connectivity index (χ1v) is 15.8. The van der Waals surface area contributed by atoms with Crippen LogP contribution in [0, 0.1) is 16.7 Å². The van der Waals surface area contributed by atoms with E-state index in [2.05, 4.69) is 52.9 Å². The maximum atomic E-state index is 14.1. The van der Waals surface area contributed by atoms with E-state index in [1.165, 1.54) is 0 Å². The van der Waals surface area contributed by atoms with E-state index in [-0.39, 0.29) is 35.2 Å². The van der Waals surface area contributed by atoms with Crippen molar-refractivity contribution < 1.29 is 28.2 Å². The van der Waals surface area contributed by atoms with Gasteiger partial charge in [-0.2, -0.15) is 0 Å². The molecule has 188 valence electrons. The molecule has 0 unspecified atom stereocenters. The molecule has 5 aliphatic rings. The second-order valence-electron chi connectivity index (χ2n) is 12.8. The summed E-state index contributed by atoms with van der Waals surface area (Å²) in [6.07, 6.45) is 8.25. The molecule has 5 rings (SSSR count). The second-order valence-corrected chi connectivity index (χ2v) is 17.6. The Morgan fingerprint density at radius 3 is 2.38 bits per heavy atom. The lowest BCUT2D eigenvalue weighted by Crippen LogP contribution is -2.51. The van der Waals surface area contributed by atoms with Gasteiger partial charge < -0.3 is 18.6 Å². The zero-order valence-corrected chi connectivity index (χ0v) is 22.6. The molecule has 0 N–H and O–H groups in total. The first-order chi connectivity index (χ1) is 15.8. The van der Waals surface area contributed by atoms with Crippen molar-refractivity contribution in [3.8, 4) is 0 Å². The summed E-state index contributed by atoms with van der Waals surface area (Å²) >= 11 is 0. The third-order valence-corrected chi connectivity index (χ3v) is 14.3. The number of allylic oxidation sites excluding steroid dienone is 2. The summed E-state index contributed by atoms with van der Waals surface area (Å²) < 4.78 is 24.4. The van der Waals surface area contributed by atoms with Crippen molar-refractivity contribution in [2.45, 2.75) is 96.2 Å². The van der Waals surface area contributed by atoms with Gasteiger partial charge in [-0.15, -0.1) is 0 Å². The van der Waals surface area contributed by atoms with Gasteiger partial charge in [0.05, 0.1) is 31.2 Å². The molecule has 0 bridgehead atoms. The Labute approximate surface area is 204 Å². The number of hydrogen-bond acceptors (Lipinski definition) is 6. The first-order valence-electron chi connectivity index (χ1n) is 12.9. The van der Waals surface area contributed by atoms with Gasteiger partial charge in [0.2, 0.25) is 0 Å². The van der Waals surface area contributed by atoms with Crippen LogP contribution in [-0.4, -0.2) is 51.8 Å². The highest BCUT2D eigenvalue weighted by Gasteiger charge is 2.60. The standard InChI is InChI=1S/C27H40O6Si/c1-24(2,3)34(5,6)33-21-10-9-20(26(21)16-22(28)30-17-26)19-8-7-18-15-27(31-13-14-32-27)12-11-25(18,4)23(19)29/h8-9,18,21H,7,10-17H2,1-6H3/t18-,21-,25+,26-/m1/s1. The number of fused-ring (bicyclic) bond motifs is 1. The minimum Gasteiger partial charge on any atom is -0.465 e. The van der Waals surface area contributed by atoms with Crippen LogP contribution in [-0.2, 0) is 28.2 Å². The van der Waals surface area contributed by atoms with E-state index in [1.54, 1.807) is 0 Å². The Morgan fingerprint density at radius 1 is 1.06 bits per heavy atom. The zero-order chi connectivity index (χ0) is 24.6. The molecule has 2 heterocycles. The smallest absolute Gasteiger partial charge is 0.306 e. The van der Waals surface area contributed by atoms with Crippen molar-refractivity contribution >= 4 is 20.1 Å². The monoisotopic (exact) mass is 488 g/mol. The maximum absolute atomic E-state index is 14.1. The Hall–Kier alpha value is -1.28. The van der Waals surface area contributed by atoms with Crippen LogP contribution in [0.3, 0.4) is 0 Å². The van der Waals surface area contributed by atoms with Crippen LogP contribution in [0.25, 0.3) is 0 Å². The van der Waals surface area contributed by atoms with Crippen LogP contribution in [0.2, 0.25) is 18.1 Å². The van der Waals surface area contributed by atoms with Gasteiger partial charge in [-0.25, -0.2) is 0 Å². The predicted octanol–water partition coefficient (Wildman–Crippen LogP) is 5.09. The molecular formula is C27H40O6Si. The van der Waals surface area contributed by atoms with Crippen molar-refractivity contribution in [2.75, 3.05) is 19.8 Å². The number of cyclic esters (lactones) is 1. The second kappa shape index (κ2) is 7.86. The highest BCUT2D eigenvalue weighted by atomic mass is 28.4. The summed E-state index contributed by atoms with van der Waals surface area (Å²) in [7, 11) is -2.08. The molecular weight excluding hydrogens is 448 g/mol. The summed E-state index contributed by atoms with van der Waals surface area (Å²) in [5.41, 5.74) is 0.780. The van der Waals surface area contributed by atoms with Gasteiger partial charge in [-0.05, 0) is 48.9 Å². The predicted molar refractivity (Wildman–Crippen MR) is 131 cm³/mol. The minimum atomic E-state index is -2.08. The number of ketones is 1. The number of Topliss-reactive ketones (excluding diaryl/α,β-unsaturated/α-hetero) is 1. The molecule has 4 atom stereocenters. The van der Waals surface area contributed by atoms with Gasteiger partial charge in [0.25, 0.3) is 0 Å². The van der Waals surface area contributed by atoms with Gasteiger partial charge >= 0.3 is 5.97 Å². The summed E-state index contributed by atoms with van der Waals surface area (Å²) in [6, 6.07) is 0. The lowest BCUT2D eigenvalue weighted by molar-refractivity contribution is -0.205. The maximum Gasteiger partial charge on any atom is 0.306 e. The van der Waals surface area contributed by atoms with Crippen LogP contribution < -0.4 is 0 Å². The van der Waals surface area contributed by atoms with Gasteiger partial charge in [0, 0.05) is 23.8 Å². The average Bonchev–Trinajstić information content (AvgIpc) is 3.45. The molecule has 0 amide bonds. The zero-order valence-electron chi connectivity index (χ0n) is 21.6. The van der Waals surface area contributed by atoms with Crippen LogP contribution in [0.5, 0.6) is 0 Å². The Balaban J connectivity index is 1.44. The molecule has 0 radical (unpaired) electrons. The molecule has 34 heavy (non-hydrogen) atoms. The van der Waals surface area contributed by atoms with E-state index in [0.717, 1.165) is 36.8 Å². The van der Waals surface area contributed by atoms with Gasteiger partial charge in [0.15, 0.2) is 19.9 Å². The Morgan fingerprint density at radius 2 is 1.76 bits per heavy atom. The molecule has 3 fully saturated rings. The summed E-state index contributed by atoms with van der Waals surface area (Å²) in [5.74, 6) is -0.291. The number of hydrogen-bond donors (Lipinski definition) is 0. The largest absolute Gasteiger partial charge is 0.465 e. The normalized spacial score (nSPS) is 37.7. The number of carbonyl (C=O) groups is 2. The number of carbonyl (C=O) groups excluding carboxylic acids is 2. The van der Waals surface area contributed by atoms with E-state index < -0.39 is 24.9 Å². The van der Waals surface area contributed by atoms with Crippen molar-refractivity contribution in [1.82, 2.24) is 0 Å². The summed E-state index contributed by atoms with van der Waals surface area (Å²) in [5, 5.41) is 0.0590. The molecule has 0 aromatic rings. The topological polar surface area (TPSA) is 71.1 Å². The quantitative estimate of drug-likeness (QED) is 0.407. The Kier molecular flexibility index (Phi) is 5.64. The van der Waals surface area contributed by atoms with E-state index in [0.29, 0.717) is 26.2 Å². The molecule has 3 aliphatic carbocycles. The summed E-state index contributed by atoms with van der Waals surface area (Å²) in [4.78, 5) is 26.5. The lowest BCUT2D eigenvalue weighted by atomic mass is 9.57. The molecule has 0 aromatic heterocycles. The molecule has 2 aliphatic heterocycles. The highest BCUT2D eigenvalue weighted by molar-refractivity contribution is 6.74. The van der Waals surface area contributed by atoms with E-state index >= 15 is 0 Å². The fourth-order valence-electron chi connectivity index (χ4n) is 6.50. The fraction of sp³-hybridized carbons (Fsp3) is 0.778. The van der Waals surface area contributed by atoms with Crippen molar-refractivity contribution in [1.29, 1.82) is 0 Å². The van der Waals surface area contributed by atoms with Gasteiger partial charge in [-0.1, -0.05) is 39.8 Å². The number of rotatable bonds is 3. The highest BCUT2D eigenvalue weighted by Crippen LogP contribution is 2.58. The number of ether oxygens (including phenoxy) is 3. The van der Waals surface area contributed by atoms with Gasteiger partial charge in [-0.3, -0.25) is 9.59 Å². The minimum absolute atomic E-state index is 0.0590. The molecule has 2 spiro atoms. The van der Waals surface area contributed by atoms with E-state index in [1.807, 2.05) is 0 Å².